The smallest absolute Gasteiger partial charge is 0.315 e. The fourth-order valence-electron chi connectivity index (χ4n) is 2.93. The number of carbonyl (C=O) groups is 1. The lowest BCUT2D eigenvalue weighted by Gasteiger charge is -2.35. The van der Waals surface area contributed by atoms with Gasteiger partial charge in [0.05, 0.1) is 12.1 Å². The molecule has 1 fully saturated rings. The van der Waals surface area contributed by atoms with Crippen LogP contribution < -0.4 is 10.6 Å². The molecule has 2 rings (SSSR count). The number of rotatable bonds is 6. The summed E-state index contributed by atoms with van der Waals surface area (Å²) in [5, 5.41) is 15.4. The van der Waals surface area contributed by atoms with Gasteiger partial charge in [-0.2, -0.15) is 0 Å². The van der Waals surface area contributed by atoms with Crippen molar-refractivity contribution in [3.63, 3.8) is 0 Å². The summed E-state index contributed by atoms with van der Waals surface area (Å²) in [5.41, 5.74) is 0.481. The van der Waals surface area contributed by atoms with Gasteiger partial charge in [-0.15, -0.1) is 0 Å². The summed E-state index contributed by atoms with van der Waals surface area (Å²) in [6, 6.07) is 6.52. The highest BCUT2D eigenvalue weighted by atomic mass is 19.1. The van der Waals surface area contributed by atoms with E-state index in [1.807, 2.05) is 32.9 Å². The van der Waals surface area contributed by atoms with Gasteiger partial charge in [0.15, 0.2) is 0 Å². The average molecular weight is 351 g/mol. The molecule has 3 N–H and O–H groups in total. The number of benzene rings is 1. The standard InChI is InChI=1S/C19H30FN3O2/c1-14(2)19(3,13-24)22-18(25)21-17-8-10-23(11-9-17)12-15-4-6-16(20)7-5-15/h4-7,14,17,24H,8-13H2,1-3H3,(H2,21,22,25). The van der Waals surface area contributed by atoms with E-state index in [2.05, 4.69) is 15.5 Å². The van der Waals surface area contributed by atoms with Crippen LogP contribution in [-0.4, -0.2) is 47.3 Å². The summed E-state index contributed by atoms with van der Waals surface area (Å²) < 4.78 is 13.0. The fourth-order valence-corrected chi connectivity index (χ4v) is 2.93. The molecule has 0 bridgehead atoms. The highest BCUT2D eigenvalue weighted by Crippen LogP contribution is 2.17. The second kappa shape index (κ2) is 8.63. The number of halogens is 1. The van der Waals surface area contributed by atoms with Crippen molar-refractivity contribution in [2.24, 2.45) is 5.92 Å². The van der Waals surface area contributed by atoms with Crippen molar-refractivity contribution in [1.82, 2.24) is 15.5 Å². The molecule has 0 aromatic heterocycles. The maximum Gasteiger partial charge on any atom is 0.315 e. The molecule has 1 atom stereocenters. The largest absolute Gasteiger partial charge is 0.394 e. The fraction of sp³-hybridized carbons (Fsp3) is 0.632. The lowest BCUT2D eigenvalue weighted by atomic mass is 9.89. The van der Waals surface area contributed by atoms with Gasteiger partial charge >= 0.3 is 6.03 Å². The summed E-state index contributed by atoms with van der Waals surface area (Å²) in [7, 11) is 0. The number of piperidine rings is 1. The van der Waals surface area contributed by atoms with Crippen LogP contribution in [0.15, 0.2) is 24.3 Å². The Labute approximate surface area is 149 Å². The number of urea groups is 1. The molecule has 1 heterocycles. The highest BCUT2D eigenvalue weighted by molar-refractivity contribution is 5.75. The molecule has 140 valence electrons. The zero-order valence-corrected chi connectivity index (χ0v) is 15.4. The Morgan fingerprint density at radius 1 is 1.32 bits per heavy atom. The van der Waals surface area contributed by atoms with Crippen LogP contribution in [0.2, 0.25) is 0 Å². The van der Waals surface area contributed by atoms with Gasteiger partial charge < -0.3 is 15.7 Å². The lowest BCUT2D eigenvalue weighted by molar-refractivity contribution is 0.132. The minimum atomic E-state index is -0.618. The van der Waals surface area contributed by atoms with Crippen LogP contribution in [0.3, 0.4) is 0 Å². The number of aliphatic hydroxyl groups is 1. The highest BCUT2D eigenvalue weighted by Gasteiger charge is 2.30. The molecule has 1 aliphatic rings. The number of aliphatic hydroxyl groups excluding tert-OH is 1. The summed E-state index contributed by atoms with van der Waals surface area (Å²) in [4.78, 5) is 14.5. The maximum absolute atomic E-state index is 13.0. The van der Waals surface area contributed by atoms with Crippen LogP contribution >= 0.6 is 0 Å². The Balaban J connectivity index is 1.76. The predicted octanol–water partition coefficient (Wildman–Crippen LogP) is 2.50. The molecule has 1 unspecified atom stereocenters. The number of amides is 2. The number of hydrogen-bond donors (Lipinski definition) is 3. The van der Waals surface area contributed by atoms with Crippen LogP contribution in [0.4, 0.5) is 9.18 Å². The summed E-state index contributed by atoms with van der Waals surface area (Å²) in [6.07, 6.45) is 1.76. The first-order valence-corrected chi connectivity index (χ1v) is 8.99. The van der Waals surface area contributed by atoms with Gasteiger partial charge in [-0.3, -0.25) is 4.90 Å². The van der Waals surface area contributed by atoms with Crippen LogP contribution in [0.5, 0.6) is 0 Å². The number of nitrogens with zero attached hydrogens (tertiary/aromatic N) is 1. The van der Waals surface area contributed by atoms with Crippen molar-refractivity contribution in [2.75, 3.05) is 19.7 Å². The molecule has 1 aromatic rings. The van der Waals surface area contributed by atoms with Gasteiger partial charge in [0.25, 0.3) is 0 Å². The molecular weight excluding hydrogens is 321 g/mol. The van der Waals surface area contributed by atoms with Crippen molar-refractivity contribution in [3.05, 3.63) is 35.6 Å². The Morgan fingerprint density at radius 3 is 2.44 bits per heavy atom. The molecule has 6 heteroatoms. The maximum atomic E-state index is 13.0. The van der Waals surface area contributed by atoms with E-state index in [9.17, 15) is 14.3 Å². The first-order chi connectivity index (χ1) is 11.8. The van der Waals surface area contributed by atoms with Gasteiger partial charge in [-0.05, 0) is 43.4 Å². The van der Waals surface area contributed by atoms with E-state index in [-0.39, 0.29) is 30.4 Å². The third-order valence-electron chi connectivity index (χ3n) is 5.24. The SMILES string of the molecule is CC(C)C(C)(CO)NC(=O)NC1CCN(Cc2ccc(F)cc2)CC1. The third-order valence-corrected chi connectivity index (χ3v) is 5.24. The molecule has 0 aliphatic carbocycles. The molecule has 1 aromatic carbocycles. The van der Waals surface area contributed by atoms with Crippen molar-refractivity contribution in [2.45, 2.75) is 51.7 Å². The molecule has 0 spiro atoms. The minimum Gasteiger partial charge on any atom is -0.394 e. The Morgan fingerprint density at radius 2 is 1.92 bits per heavy atom. The molecule has 1 aliphatic heterocycles. The van der Waals surface area contributed by atoms with Gasteiger partial charge in [-0.25, -0.2) is 9.18 Å². The van der Waals surface area contributed by atoms with Crippen LogP contribution in [0.1, 0.15) is 39.2 Å². The Hall–Kier alpha value is -1.66. The predicted molar refractivity (Wildman–Crippen MR) is 96.7 cm³/mol. The van der Waals surface area contributed by atoms with Crippen molar-refractivity contribution < 1.29 is 14.3 Å². The molecule has 5 nitrogen and oxygen atoms in total. The number of nitrogens with one attached hydrogen (secondary N) is 2. The molecule has 2 amide bonds. The second-order valence-corrected chi connectivity index (χ2v) is 7.51. The van der Waals surface area contributed by atoms with Crippen molar-refractivity contribution >= 4 is 6.03 Å². The number of hydrogen-bond acceptors (Lipinski definition) is 3. The van der Waals surface area contributed by atoms with E-state index in [1.165, 1.54) is 12.1 Å². The van der Waals surface area contributed by atoms with E-state index < -0.39 is 5.54 Å². The van der Waals surface area contributed by atoms with Crippen LogP contribution in [0, 0.1) is 11.7 Å². The van der Waals surface area contributed by atoms with Crippen molar-refractivity contribution in [1.29, 1.82) is 0 Å². The van der Waals surface area contributed by atoms with Gasteiger partial charge in [0, 0.05) is 25.7 Å². The number of carbonyl (C=O) groups excluding carboxylic acids is 1. The van der Waals surface area contributed by atoms with Crippen molar-refractivity contribution in [3.8, 4) is 0 Å². The molecule has 0 radical (unpaired) electrons. The lowest BCUT2D eigenvalue weighted by Crippen LogP contribution is -2.58. The normalized spacial score (nSPS) is 18.8. The van der Waals surface area contributed by atoms with E-state index in [0.717, 1.165) is 38.0 Å². The summed E-state index contributed by atoms with van der Waals surface area (Å²) in [5.74, 6) is -0.0743. The Kier molecular flexibility index (Phi) is 6.79. The van der Waals surface area contributed by atoms with Crippen LogP contribution in [-0.2, 0) is 6.54 Å². The van der Waals surface area contributed by atoms with E-state index in [0.29, 0.717) is 0 Å². The topological polar surface area (TPSA) is 64.6 Å². The van der Waals surface area contributed by atoms with Gasteiger partial charge in [0.2, 0.25) is 0 Å². The van der Waals surface area contributed by atoms with Gasteiger partial charge in [0.1, 0.15) is 5.82 Å². The zero-order valence-electron chi connectivity index (χ0n) is 15.4. The summed E-state index contributed by atoms with van der Waals surface area (Å²) in [6.45, 7) is 8.30. The number of likely N-dealkylation sites (tertiary alicyclic amines) is 1. The minimum absolute atomic E-state index is 0.0891. The molecule has 25 heavy (non-hydrogen) atoms. The van der Waals surface area contributed by atoms with E-state index in [4.69, 9.17) is 0 Å². The van der Waals surface area contributed by atoms with E-state index >= 15 is 0 Å². The third kappa shape index (κ3) is 5.68. The monoisotopic (exact) mass is 351 g/mol. The van der Waals surface area contributed by atoms with Crippen LogP contribution in [0.25, 0.3) is 0 Å². The molecular formula is C19H30FN3O2. The molecule has 1 saturated heterocycles. The molecule has 0 saturated carbocycles. The summed E-state index contributed by atoms with van der Waals surface area (Å²) >= 11 is 0. The second-order valence-electron chi connectivity index (χ2n) is 7.51. The first-order valence-electron chi connectivity index (χ1n) is 8.99. The van der Waals surface area contributed by atoms with E-state index in [1.54, 1.807) is 0 Å². The quantitative estimate of drug-likeness (QED) is 0.738. The average Bonchev–Trinajstić information content (AvgIpc) is 2.58. The Bertz CT molecular complexity index is 556. The zero-order chi connectivity index (χ0) is 18.4. The first kappa shape index (κ1) is 19.7. The van der Waals surface area contributed by atoms with Gasteiger partial charge in [-0.1, -0.05) is 26.0 Å².